The van der Waals surface area contributed by atoms with Crippen molar-refractivity contribution >= 4 is 45.7 Å². The molecule has 7 rings (SSSR count). The van der Waals surface area contributed by atoms with E-state index in [0.717, 1.165) is 40.6 Å². The molecule has 3 aliphatic rings. The number of ether oxygens (including phenoxy) is 1. The number of amides is 2. The molecule has 2 saturated heterocycles. The van der Waals surface area contributed by atoms with Crippen LogP contribution in [0.25, 0.3) is 16.8 Å². The van der Waals surface area contributed by atoms with Crippen molar-refractivity contribution in [2.45, 2.75) is 39.2 Å². The highest BCUT2D eigenvalue weighted by Crippen LogP contribution is 2.50. The van der Waals surface area contributed by atoms with E-state index in [9.17, 15) is 14.7 Å². The van der Waals surface area contributed by atoms with Gasteiger partial charge in [0.25, 0.3) is 0 Å². The number of hydrogen-bond donors (Lipinski definition) is 2. The van der Waals surface area contributed by atoms with Crippen LogP contribution < -0.4 is 10.2 Å². The third-order valence-electron chi connectivity index (χ3n) is 9.48. The van der Waals surface area contributed by atoms with Crippen LogP contribution in [-0.2, 0) is 14.3 Å². The van der Waals surface area contributed by atoms with E-state index < -0.39 is 0 Å². The quantitative estimate of drug-likeness (QED) is 0.170. The van der Waals surface area contributed by atoms with Crippen molar-refractivity contribution < 1.29 is 19.4 Å². The van der Waals surface area contributed by atoms with Crippen molar-refractivity contribution in [3.8, 4) is 5.75 Å². The molecule has 0 radical (unpaired) electrons. The van der Waals surface area contributed by atoms with Crippen LogP contribution in [0.1, 0.15) is 38.7 Å². The Morgan fingerprint density at radius 1 is 0.886 bits per heavy atom. The van der Waals surface area contributed by atoms with Gasteiger partial charge in [-0.15, -0.1) is 0 Å². The number of carbonyl (C=O) groups is 2. The van der Waals surface area contributed by atoms with Crippen molar-refractivity contribution in [2.75, 3.05) is 16.8 Å². The minimum atomic E-state index is -0.381. The third kappa shape index (κ3) is 4.99. The summed E-state index contributed by atoms with van der Waals surface area (Å²) in [5.41, 5.74) is 7.20. The normalized spacial score (nSPS) is 23.3. The van der Waals surface area contributed by atoms with Gasteiger partial charge in [0.05, 0.1) is 30.2 Å². The second-order valence-corrected chi connectivity index (χ2v) is 12.3. The Kier molecular flexibility index (Phi) is 7.31. The van der Waals surface area contributed by atoms with Crippen LogP contribution in [0.15, 0.2) is 108 Å². The molecule has 2 heterocycles. The van der Waals surface area contributed by atoms with E-state index >= 15 is 0 Å². The van der Waals surface area contributed by atoms with Crippen LogP contribution in [-0.4, -0.2) is 29.6 Å². The Morgan fingerprint density at radius 3 is 2.36 bits per heavy atom. The van der Waals surface area contributed by atoms with E-state index in [-0.39, 0.29) is 41.4 Å². The van der Waals surface area contributed by atoms with Gasteiger partial charge in [0.2, 0.25) is 11.8 Å². The van der Waals surface area contributed by atoms with Crippen LogP contribution in [0.2, 0.25) is 0 Å². The maximum Gasteiger partial charge on any atom is 0.238 e. The molecule has 2 N–H and O–H groups in total. The zero-order valence-corrected chi connectivity index (χ0v) is 25.0. The summed E-state index contributed by atoms with van der Waals surface area (Å²) in [6.45, 7) is 4.70. The number of phenols is 1. The molecule has 2 fully saturated rings. The SMILES string of the molecule is CC1=C2[C@@H](CC/C(C)=C/c3ccc(O)c4ccccc34)OC[C@@H]2[C@@H]2C(=O)N(c3ccc(Nc4ccccc4)cc3)C(=O)[C@@H]2C1. The summed E-state index contributed by atoms with van der Waals surface area (Å²) in [7, 11) is 0. The summed E-state index contributed by atoms with van der Waals surface area (Å²) >= 11 is 0. The van der Waals surface area contributed by atoms with Gasteiger partial charge in [-0.25, -0.2) is 0 Å². The van der Waals surface area contributed by atoms with Gasteiger partial charge in [-0.3, -0.25) is 14.5 Å². The number of aromatic hydroxyl groups is 1. The second kappa shape index (κ2) is 11.4. The Labute approximate surface area is 257 Å². The fourth-order valence-corrected chi connectivity index (χ4v) is 7.39. The molecular formula is C38H36N2O4. The van der Waals surface area contributed by atoms with Gasteiger partial charge in [-0.2, -0.15) is 0 Å². The lowest BCUT2D eigenvalue weighted by molar-refractivity contribution is -0.122. The van der Waals surface area contributed by atoms with Gasteiger partial charge in [0, 0.05) is 22.7 Å². The number of fused-ring (bicyclic) bond motifs is 4. The smallest absolute Gasteiger partial charge is 0.238 e. The number of nitrogens with one attached hydrogen (secondary N) is 1. The number of nitrogens with zero attached hydrogens (tertiary/aromatic N) is 1. The molecule has 4 aromatic rings. The molecule has 6 heteroatoms. The molecule has 0 spiro atoms. The Hall–Kier alpha value is -4.68. The average molecular weight is 585 g/mol. The van der Waals surface area contributed by atoms with Crippen molar-refractivity contribution in [2.24, 2.45) is 17.8 Å². The average Bonchev–Trinajstić information content (AvgIpc) is 3.57. The molecule has 4 aromatic carbocycles. The molecule has 0 unspecified atom stereocenters. The van der Waals surface area contributed by atoms with Crippen LogP contribution in [0.4, 0.5) is 17.1 Å². The third-order valence-corrected chi connectivity index (χ3v) is 9.48. The van der Waals surface area contributed by atoms with Crippen molar-refractivity contribution in [3.05, 3.63) is 113 Å². The minimum Gasteiger partial charge on any atom is -0.507 e. The second-order valence-electron chi connectivity index (χ2n) is 12.3. The number of benzene rings is 4. The van der Waals surface area contributed by atoms with Gasteiger partial charge >= 0.3 is 0 Å². The van der Waals surface area contributed by atoms with Crippen LogP contribution in [0.5, 0.6) is 5.75 Å². The number of anilines is 3. The number of para-hydroxylation sites is 1. The molecule has 0 saturated carbocycles. The first-order valence-corrected chi connectivity index (χ1v) is 15.4. The number of phenolic OH excluding ortho intramolecular Hbond substituents is 1. The van der Waals surface area contributed by atoms with E-state index in [1.807, 2.05) is 84.9 Å². The number of carbonyl (C=O) groups excluding carboxylic acids is 2. The predicted octanol–water partition coefficient (Wildman–Crippen LogP) is 8.01. The van der Waals surface area contributed by atoms with Crippen molar-refractivity contribution in [3.63, 3.8) is 0 Å². The summed E-state index contributed by atoms with van der Waals surface area (Å²) in [5, 5.41) is 15.5. The Balaban J connectivity index is 1.05. The fourth-order valence-electron chi connectivity index (χ4n) is 7.39. The Morgan fingerprint density at radius 2 is 1.59 bits per heavy atom. The van der Waals surface area contributed by atoms with E-state index in [2.05, 4.69) is 25.2 Å². The molecule has 2 aliphatic heterocycles. The highest BCUT2D eigenvalue weighted by Gasteiger charge is 2.56. The van der Waals surface area contributed by atoms with E-state index in [1.165, 1.54) is 21.6 Å². The van der Waals surface area contributed by atoms with Gasteiger partial charge in [-0.05, 0) is 92.1 Å². The van der Waals surface area contributed by atoms with Gasteiger partial charge in [0.1, 0.15) is 5.75 Å². The van der Waals surface area contributed by atoms with E-state index in [1.54, 1.807) is 6.07 Å². The summed E-state index contributed by atoms with van der Waals surface area (Å²) in [5.74, 6) is -0.721. The van der Waals surface area contributed by atoms with E-state index in [4.69, 9.17) is 4.74 Å². The zero-order chi connectivity index (χ0) is 30.4. The molecule has 2 amide bonds. The lowest BCUT2D eigenvalue weighted by atomic mass is 9.70. The highest BCUT2D eigenvalue weighted by atomic mass is 16.5. The largest absolute Gasteiger partial charge is 0.507 e. The topological polar surface area (TPSA) is 78.9 Å². The zero-order valence-electron chi connectivity index (χ0n) is 25.0. The number of imide groups is 1. The monoisotopic (exact) mass is 584 g/mol. The van der Waals surface area contributed by atoms with Crippen LogP contribution in [0.3, 0.4) is 0 Å². The van der Waals surface area contributed by atoms with Crippen molar-refractivity contribution in [1.29, 1.82) is 0 Å². The lowest BCUT2D eigenvalue weighted by Gasteiger charge is -2.30. The standard InChI is InChI=1S/C38H36N2O4/c1-23(20-25-13-18-33(41)30-11-7-6-10-29(25)30)12-19-34-35-24(2)21-31-36(32(35)22-44-34)38(43)40(37(31)42)28-16-14-27(15-17-28)39-26-8-4-3-5-9-26/h3-11,13-18,20,31-32,34,36,39,41H,12,19,21-22H2,1-2H3/b23-20+/t31-,32+,34-,36-/m1/s1. The Bertz CT molecular complexity index is 1810. The van der Waals surface area contributed by atoms with Gasteiger partial charge in [0.15, 0.2) is 0 Å². The molecule has 222 valence electrons. The molecule has 0 aromatic heterocycles. The van der Waals surface area contributed by atoms with Crippen molar-refractivity contribution in [1.82, 2.24) is 0 Å². The first-order chi connectivity index (χ1) is 21.4. The van der Waals surface area contributed by atoms with Crippen LogP contribution in [0, 0.1) is 17.8 Å². The maximum atomic E-state index is 13.9. The fraction of sp³-hybridized carbons (Fsp3) is 0.263. The molecule has 4 atom stereocenters. The predicted molar refractivity (Wildman–Crippen MR) is 175 cm³/mol. The molecular weight excluding hydrogens is 548 g/mol. The molecule has 44 heavy (non-hydrogen) atoms. The first-order valence-electron chi connectivity index (χ1n) is 15.4. The van der Waals surface area contributed by atoms with E-state index in [0.29, 0.717) is 18.7 Å². The maximum absolute atomic E-state index is 13.9. The molecule has 0 bridgehead atoms. The van der Waals surface area contributed by atoms with Crippen LogP contribution >= 0.6 is 0 Å². The summed E-state index contributed by atoms with van der Waals surface area (Å²) in [4.78, 5) is 28.9. The summed E-state index contributed by atoms with van der Waals surface area (Å²) in [6.07, 6.45) is 4.39. The van der Waals surface area contributed by atoms with Gasteiger partial charge < -0.3 is 15.2 Å². The summed E-state index contributed by atoms with van der Waals surface area (Å²) in [6, 6.07) is 29.0. The minimum absolute atomic E-state index is 0.0545. The summed E-state index contributed by atoms with van der Waals surface area (Å²) < 4.78 is 6.35. The molecule has 6 nitrogen and oxygen atoms in total. The number of rotatable bonds is 7. The lowest BCUT2D eigenvalue weighted by Crippen LogP contribution is -2.34. The first kappa shape index (κ1) is 28.1. The highest BCUT2D eigenvalue weighted by molar-refractivity contribution is 6.22. The van der Waals surface area contributed by atoms with Gasteiger partial charge in [-0.1, -0.05) is 65.8 Å². The number of allylic oxidation sites excluding steroid dienone is 2. The number of hydrogen-bond acceptors (Lipinski definition) is 5. The molecule has 1 aliphatic carbocycles.